The molecular weight excluding hydrogens is 949 g/mol. The zero-order valence-corrected chi connectivity index (χ0v) is 51.7. The minimum Gasteiger partial charge on any atom is -0.462 e. The van der Waals surface area contributed by atoms with Gasteiger partial charge in [0, 0.05) is 19.3 Å². The standard InChI is InChI=1S/C71H130O6/c1-4-7-10-13-16-19-22-24-26-28-30-31-32-33-34-35-36-37-38-39-40-42-43-45-47-49-52-55-58-61-64-70(73)76-67-68(66-75-69(72)63-60-57-54-51-21-18-15-12-9-6-3)77-71(74)65-62-59-56-53-50-48-46-44-41-29-27-25-23-20-17-14-11-8-5-2/h8,11,17,20,25,27,41,44,68H,4-7,9-10,12-16,18-19,21-24,26,28-40,42-43,45-67H2,1-3H3/b11-8-,20-17-,27-25-,44-41-. The van der Waals surface area contributed by atoms with Crippen molar-refractivity contribution in [1.29, 1.82) is 0 Å². The molecule has 0 aromatic rings. The molecule has 0 aromatic heterocycles. The van der Waals surface area contributed by atoms with Crippen molar-refractivity contribution >= 4 is 17.9 Å². The first kappa shape index (κ1) is 74.4. The molecule has 0 fully saturated rings. The molecule has 0 spiro atoms. The van der Waals surface area contributed by atoms with Crippen molar-refractivity contribution < 1.29 is 28.6 Å². The summed E-state index contributed by atoms with van der Waals surface area (Å²) < 4.78 is 16.9. The van der Waals surface area contributed by atoms with Crippen molar-refractivity contribution in [2.45, 2.75) is 374 Å². The number of carbonyl (C=O) groups is 3. The molecule has 6 heteroatoms. The van der Waals surface area contributed by atoms with Crippen molar-refractivity contribution in [2.75, 3.05) is 13.2 Å². The first-order valence-corrected chi connectivity index (χ1v) is 34.1. The lowest BCUT2D eigenvalue weighted by atomic mass is 10.0. The van der Waals surface area contributed by atoms with E-state index in [9.17, 15) is 14.4 Å². The first-order chi connectivity index (χ1) is 38.0. The second-order valence-corrected chi connectivity index (χ2v) is 23.1. The van der Waals surface area contributed by atoms with Crippen molar-refractivity contribution in [3.05, 3.63) is 48.6 Å². The normalized spacial score (nSPS) is 12.3. The number of unbranched alkanes of at least 4 members (excludes halogenated alkanes) is 44. The van der Waals surface area contributed by atoms with Crippen LogP contribution in [0.4, 0.5) is 0 Å². The minimum atomic E-state index is -0.778. The molecule has 6 nitrogen and oxygen atoms in total. The van der Waals surface area contributed by atoms with Crippen LogP contribution in [0, 0.1) is 0 Å². The third-order valence-corrected chi connectivity index (χ3v) is 15.3. The highest BCUT2D eigenvalue weighted by atomic mass is 16.6. The Kier molecular flexibility index (Phi) is 63.6. The van der Waals surface area contributed by atoms with Crippen molar-refractivity contribution in [3.63, 3.8) is 0 Å². The molecule has 0 radical (unpaired) electrons. The van der Waals surface area contributed by atoms with E-state index in [0.717, 1.165) is 96.3 Å². The van der Waals surface area contributed by atoms with E-state index in [2.05, 4.69) is 69.4 Å². The van der Waals surface area contributed by atoms with Gasteiger partial charge in [0.1, 0.15) is 13.2 Å². The smallest absolute Gasteiger partial charge is 0.306 e. The van der Waals surface area contributed by atoms with E-state index in [0.29, 0.717) is 19.3 Å². The molecule has 0 rings (SSSR count). The summed E-state index contributed by atoms with van der Waals surface area (Å²) in [5.41, 5.74) is 0. The van der Waals surface area contributed by atoms with Gasteiger partial charge in [-0.3, -0.25) is 14.4 Å². The van der Waals surface area contributed by atoms with Gasteiger partial charge >= 0.3 is 17.9 Å². The molecule has 0 saturated carbocycles. The predicted octanol–water partition coefficient (Wildman–Crippen LogP) is 23.3. The Morgan fingerprint density at radius 3 is 0.792 bits per heavy atom. The predicted molar refractivity (Wildman–Crippen MR) is 335 cm³/mol. The number of esters is 3. The summed E-state index contributed by atoms with van der Waals surface area (Å²) >= 11 is 0. The SMILES string of the molecule is CC/C=C\C/C=C\C/C=C\C/C=C\CCCCCCCCC(=O)OC(COC(=O)CCCCCCCCCCCC)COC(=O)CCCCCCCCCCCCCCCCCCCCCCCCCCCCCCCC. The molecule has 0 bridgehead atoms. The van der Waals surface area contributed by atoms with Gasteiger partial charge in [-0.2, -0.15) is 0 Å². The van der Waals surface area contributed by atoms with Gasteiger partial charge in [0.2, 0.25) is 0 Å². The summed E-state index contributed by atoms with van der Waals surface area (Å²) in [6.45, 7) is 6.56. The summed E-state index contributed by atoms with van der Waals surface area (Å²) in [6.07, 6.45) is 83.0. The topological polar surface area (TPSA) is 78.9 Å². The van der Waals surface area contributed by atoms with Crippen LogP contribution in [-0.4, -0.2) is 37.2 Å². The van der Waals surface area contributed by atoms with E-state index in [4.69, 9.17) is 14.2 Å². The molecule has 0 aliphatic carbocycles. The van der Waals surface area contributed by atoms with Crippen LogP contribution in [0.2, 0.25) is 0 Å². The van der Waals surface area contributed by atoms with Gasteiger partial charge in [0.05, 0.1) is 0 Å². The van der Waals surface area contributed by atoms with Crippen LogP contribution in [0.3, 0.4) is 0 Å². The molecule has 77 heavy (non-hydrogen) atoms. The molecular formula is C71H130O6. The maximum Gasteiger partial charge on any atom is 0.306 e. The monoisotopic (exact) mass is 1080 g/mol. The van der Waals surface area contributed by atoms with Gasteiger partial charge in [-0.1, -0.05) is 339 Å². The van der Waals surface area contributed by atoms with Crippen LogP contribution < -0.4 is 0 Å². The highest BCUT2D eigenvalue weighted by molar-refractivity contribution is 5.71. The summed E-state index contributed by atoms with van der Waals surface area (Å²) in [5, 5.41) is 0. The number of carbonyl (C=O) groups excluding carboxylic acids is 3. The second kappa shape index (κ2) is 65.9. The van der Waals surface area contributed by atoms with Crippen molar-refractivity contribution in [2.24, 2.45) is 0 Å². The number of ether oxygens (including phenoxy) is 3. The summed E-state index contributed by atoms with van der Waals surface area (Å²) in [5.74, 6) is -0.868. The molecule has 0 aliphatic rings. The molecule has 0 amide bonds. The third kappa shape index (κ3) is 64.1. The Balaban J connectivity index is 4.11. The number of hydrogen-bond acceptors (Lipinski definition) is 6. The number of allylic oxidation sites excluding steroid dienone is 8. The molecule has 0 saturated heterocycles. The highest BCUT2D eigenvalue weighted by Gasteiger charge is 2.19. The molecule has 1 unspecified atom stereocenters. The van der Waals surface area contributed by atoms with Crippen LogP contribution in [0.5, 0.6) is 0 Å². The Bertz CT molecular complexity index is 1330. The van der Waals surface area contributed by atoms with Crippen molar-refractivity contribution in [3.8, 4) is 0 Å². The van der Waals surface area contributed by atoms with E-state index in [-0.39, 0.29) is 31.1 Å². The van der Waals surface area contributed by atoms with E-state index in [1.54, 1.807) is 0 Å². The van der Waals surface area contributed by atoms with Crippen LogP contribution in [0.15, 0.2) is 48.6 Å². The zero-order valence-electron chi connectivity index (χ0n) is 51.7. The van der Waals surface area contributed by atoms with E-state index in [1.165, 1.54) is 231 Å². The van der Waals surface area contributed by atoms with Gasteiger partial charge < -0.3 is 14.2 Å². The molecule has 0 aromatic carbocycles. The van der Waals surface area contributed by atoms with Gasteiger partial charge in [0.15, 0.2) is 6.10 Å². The van der Waals surface area contributed by atoms with E-state index < -0.39 is 6.10 Å². The van der Waals surface area contributed by atoms with Crippen LogP contribution in [-0.2, 0) is 28.6 Å². The largest absolute Gasteiger partial charge is 0.462 e. The average molecular weight is 1080 g/mol. The molecule has 0 N–H and O–H groups in total. The maximum absolute atomic E-state index is 12.9. The summed E-state index contributed by atoms with van der Waals surface area (Å²) in [7, 11) is 0. The minimum absolute atomic E-state index is 0.0744. The Morgan fingerprint density at radius 2 is 0.506 bits per heavy atom. The van der Waals surface area contributed by atoms with Gasteiger partial charge in [-0.25, -0.2) is 0 Å². The fraction of sp³-hybridized carbons (Fsp3) is 0.845. The van der Waals surface area contributed by atoms with Crippen LogP contribution >= 0.6 is 0 Å². The maximum atomic E-state index is 12.9. The van der Waals surface area contributed by atoms with Gasteiger partial charge in [0.25, 0.3) is 0 Å². The fourth-order valence-corrected chi connectivity index (χ4v) is 10.3. The lowest BCUT2D eigenvalue weighted by Gasteiger charge is -2.18. The highest BCUT2D eigenvalue weighted by Crippen LogP contribution is 2.18. The van der Waals surface area contributed by atoms with Crippen LogP contribution in [0.25, 0.3) is 0 Å². The molecule has 450 valence electrons. The number of hydrogen-bond donors (Lipinski definition) is 0. The molecule has 0 aliphatic heterocycles. The first-order valence-electron chi connectivity index (χ1n) is 34.1. The Hall–Kier alpha value is -2.63. The second-order valence-electron chi connectivity index (χ2n) is 23.1. The quantitative estimate of drug-likeness (QED) is 0.0261. The summed E-state index contributed by atoms with van der Waals surface area (Å²) in [6, 6.07) is 0. The van der Waals surface area contributed by atoms with Crippen LogP contribution in [0.1, 0.15) is 367 Å². The van der Waals surface area contributed by atoms with Gasteiger partial charge in [-0.05, 0) is 57.8 Å². The lowest BCUT2D eigenvalue weighted by molar-refractivity contribution is -0.167. The fourth-order valence-electron chi connectivity index (χ4n) is 10.3. The average Bonchev–Trinajstić information content (AvgIpc) is 3.43. The Morgan fingerprint density at radius 1 is 0.273 bits per heavy atom. The third-order valence-electron chi connectivity index (χ3n) is 15.3. The van der Waals surface area contributed by atoms with E-state index >= 15 is 0 Å². The lowest BCUT2D eigenvalue weighted by Crippen LogP contribution is -2.30. The molecule has 1 atom stereocenters. The summed E-state index contributed by atoms with van der Waals surface area (Å²) in [4.78, 5) is 38.2. The van der Waals surface area contributed by atoms with E-state index in [1.807, 2.05) is 0 Å². The van der Waals surface area contributed by atoms with Gasteiger partial charge in [-0.15, -0.1) is 0 Å². The Labute approximate surface area is 479 Å². The number of rotatable bonds is 63. The zero-order chi connectivity index (χ0) is 55.7. The van der Waals surface area contributed by atoms with Crippen molar-refractivity contribution in [1.82, 2.24) is 0 Å². The molecule has 0 heterocycles.